The second-order valence-electron chi connectivity index (χ2n) is 11.0. The van der Waals surface area contributed by atoms with Crippen molar-refractivity contribution in [3.8, 4) is 5.75 Å². The molecule has 2 amide bonds. The molecule has 2 aromatic rings. The van der Waals surface area contributed by atoms with Gasteiger partial charge in [-0.25, -0.2) is 0 Å². The van der Waals surface area contributed by atoms with E-state index >= 15 is 0 Å². The average Bonchev–Trinajstić information content (AvgIpc) is 2.98. The summed E-state index contributed by atoms with van der Waals surface area (Å²) in [7, 11) is 1.90. The number of piperazine rings is 1. The minimum Gasteiger partial charge on any atom is -0.491 e. The number of rotatable bonds is 2. The summed E-state index contributed by atoms with van der Waals surface area (Å²) < 4.78 is 6.09. The predicted octanol–water partition coefficient (Wildman–Crippen LogP) is 3.12. The van der Waals surface area contributed by atoms with E-state index in [1.165, 1.54) is 5.56 Å². The van der Waals surface area contributed by atoms with Gasteiger partial charge >= 0.3 is 0 Å². The third kappa shape index (κ3) is 5.96. The van der Waals surface area contributed by atoms with Crippen LogP contribution in [0.1, 0.15) is 44.1 Å². The number of ether oxygens (including phenoxy) is 1. The summed E-state index contributed by atoms with van der Waals surface area (Å²) in [5.74, 6) is 1.29. The maximum absolute atomic E-state index is 13.8. The zero-order valence-electron chi connectivity index (χ0n) is 22.6. The Kier molecular flexibility index (Phi) is 8.47. The molecule has 3 aliphatic heterocycles. The number of aromatic nitrogens is 1. The zero-order chi connectivity index (χ0) is 26.4. The van der Waals surface area contributed by atoms with Crippen molar-refractivity contribution in [2.24, 2.45) is 5.41 Å². The van der Waals surface area contributed by atoms with Crippen molar-refractivity contribution in [2.45, 2.75) is 51.0 Å². The first kappa shape index (κ1) is 26.5. The highest BCUT2D eigenvalue weighted by Crippen LogP contribution is 2.39. The molecule has 0 radical (unpaired) electrons. The summed E-state index contributed by atoms with van der Waals surface area (Å²) in [6.45, 7) is 4.56. The van der Waals surface area contributed by atoms with Gasteiger partial charge < -0.3 is 24.8 Å². The van der Waals surface area contributed by atoms with Crippen LogP contribution in [0.15, 0.2) is 48.8 Å². The lowest BCUT2D eigenvalue weighted by Crippen LogP contribution is -2.60. The fourth-order valence-corrected chi connectivity index (χ4v) is 6.24. The third-order valence-electron chi connectivity index (χ3n) is 8.58. The molecule has 204 valence electrons. The number of amides is 2. The van der Waals surface area contributed by atoms with E-state index in [0.29, 0.717) is 32.8 Å². The van der Waals surface area contributed by atoms with Crippen LogP contribution in [0.3, 0.4) is 0 Å². The number of carbonyl (C=O) groups is 2. The zero-order valence-corrected chi connectivity index (χ0v) is 22.6. The summed E-state index contributed by atoms with van der Waals surface area (Å²) in [5.41, 5.74) is 1.91. The Morgan fingerprint density at radius 2 is 1.87 bits per heavy atom. The largest absolute Gasteiger partial charge is 0.491 e. The van der Waals surface area contributed by atoms with Crippen LogP contribution in [0.4, 0.5) is 5.69 Å². The molecule has 1 aromatic heterocycles. The summed E-state index contributed by atoms with van der Waals surface area (Å²) in [6.07, 6.45) is 10.2. The summed E-state index contributed by atoms with van der Waals surface area (Å²) in [4.78, 5) is 37.6. The molecule has 1 spiro atoms. The molecule has 38 heavy (non-hydrogen) atoms. The van der Waals surface area contributed by atoms with Crippen molar-refractivity contribution in [1.82, 2.24) is 20.1 Å². The molecule has 0 bridgehead atoms. The van der Waals surface area contributed by atoms with Gasteiger partial charge in [-0.15, -0.1) is 0 Å². The number of aryl methyl sites for hydroxylation is 1. The van der Waals surface area contributed by atoms with Gasteiger partial charge in [-0.2, -0.15) is 0 Å². The predicted molar refractivity (Wildman–Crippen MR) is 148 cm³/mol. The molecular formula is C30H41N5O3. The number of fused-ring (bicyclic) bond motifs is 1. The SMILES string of the molecule is CN1CCOc2ccccc2CCCCCC2(CCN(C(=O)C3CN(c4cccnc4)CCN3)CC2)C1=O. The molecule has 2 fully saturated rings. The number of benzene rings is 1. The molecule has 8 nitrogen and oxygen atoms in total. The molecule has 1 N–H and O–H groups in total. The van der Waals surface area contributed by atoms with Crippen molar-refractivity contribution in [3.05, 3.63) is 54.4 Å². The van der Waals surface area contributed by atoms with Gasteiger partial charge in [0.1, 0.15) is 18.4 Å². The van der Waals surface area contributed by atoms with E-state index < -0.39 is 5.41 Å². The number of piperidine rings is 1. The Labute approximate surface area is 226 Å². The van der Waals surface area contributed by atoms with Crippen LogP contribution in [0.2, 0.25) is 0 Å². The highest BCUT2D eigenvalue weighted by Gasteiger charge is 2.44. The van der Waals surface area contributed by atoms with Gasteiger partial charge in [0, 0.05) is 46.0 Å². The van der Waals surface area contributed by atoms with Crippen LogP contribution in [0.25, 0.3) is 0 Å². The molecular weight excluding hydrogens is 478 g/mol. The van der Waals surface area contributed by atoms with Crippen molar-refractivity contribution >= 4 is 17.5 Å². The van der Waals surface area contributed by atoms with E-state index in [2.05, 4.69) is 27.3 Å². The van der Waals surface area contributed by atoms with Crippen LogP contribution in [-0.2, 0) is 16.0 Å². The smallest absolute Gasteiger partial charge is 0.241 e. The van der Waals surface area contributed by atoms with Crippen LogP contribution < -0.4 is 15.0 Å². The summed E-state index contributed by atoms with van der Waals surface area (Å²) >= 11 is 0. The molecule has 2 saturated heterocycles. The van der Waals surface area contributed by atoms with E-state index in [4.69, 9.17) is 4.74 Å². The second-order valence-corrected chi connectivity index (χ2v) is 11.0. The number of anilines is 1. The number of likely N-dealkylation sites (N-methyl/N-ethyl adjacent to an activating group) is 1. The van der Waals surface area contributed by atoms with E-state index in [-0.39, 0.29) is 17.9 Å². The standard InChI is InChI=1S/C30H41N5O3/c1-33-20-21-38-27-11-5-4-9-24(27)8-3-2-6-12-30(29(33)37)13-17-34(18-14-30)28(36)26-23-35(19-16-32-26)25-10-7-15-31-22-25/h4-5,7,9-11,15,22,26,32H,2-3,6,8,12-14,16-21,23H2,1H3. The highest BCUT2D eigenvalue weighted by molar-refractivity contribution is 5.85. The fourth-order valence-electron chi connectivity index (χ4n) is 6.24. The number of carbonyl (C=O) groups excluding carboxylic acids is 2. The van der Waals surface area contributed by atoms with E-state index in [9.17, 15) is 9.59 Å². The first-order chi connectivity index (χ1) is 18.6. The maximum atomic E-state index is 13.8. The van der Waals surface area contributed by atoms with Crippen LogP contribution in [0.5, 0.6) is 5.75 Å². The first-order valence-electron chi connectivity index (χ1n) is 14.2. The summed E-state index contributed by atoms with van der Waals surface area (Å²) in [6, 6.07) is 12.0. The number of pyridine rings is 1. The molecule has 5 rings (SSSR count). The molecule has 4 heterocycles. The summed E-state index contributed by atoms with van der Waals surface area (Å²) in [5, 5.41) is 3.42. The van der Waals surface area contributed by atoms with Gasteiger partial charge in [0.2, 0.25) is 11.8 Å². The van der Waals surface area contributed by atoms with Crippen molar-refractivity contribution in [3.63, 3.8) is 0 Å². The molecule has 1 atom stereocenters. The van der Waals surface area contributed by atoms with Crippen LogP contribution in [-0.4, -0.2) is 85.6 Å². The maximum Gasteiger partial charge on any atom is 0.241 e. The normalized spacial score (nSPS) is 23.0. The van der Waals surface area contributed by atoms with Gasteiger partial charge in [-0.1, -0.05) is 31.0 Å². The van der Waals surface area contributed by atoms with Crippen molar-refractivity contribution < 1.29 is 14.3 Å². The van der Waals surface area contributed by atoms with Gasteiger partial charge in [-0.05, 0) is 55.9 Å². The lowest BCUT2D eigenvalue weighted by Gasteiger charge is -2.44. The molecule has 1 unspecified atom stereocenters. The first-order valence-corrected chi connectivity index (χ1v) is 14.2. The van der Waals surface area contributed by atoms with Crippen molar-refractivity contribution in [1.29, 1.82) is 0 Å². The minimum atomic E-state index is -0.395. The monoisotopic (exact) mass is 519 g/mol. The Balaban J connectivity index is 1.21. The number of para-hydroxylation sites is 1. The lowest BCUT2D eigenvalue weighted by molar-refractivity contribution is -0.148. The lowest BCUT2D eigenvalue weighted by atomic mass is 9.73. The van der Waals surface area contributed by atoms with Gasteiger partial charge in [-0.3, -0.25) is 14.6 Å². The van der Waals surface area contributed by atoms with Crippen molar-refractivity contribution in [2.75, 3.05) is 57.8 Å². The topological polar surface area (TPSA) is 78.0 Å². The fraction of sp³-hybridized carbons (Fsp3) is 0.567. The van der Waals surface area contributed by atoms with E-state index in [1.54, 1.807) is 6.20 Å². The number of hydrogen-bond acceptors (Lipinski definition) is 6. The molecule has 0 saturated carbocycles. The third-order valence-corrected chi connectivity index (χ3v) is 8.58. The highest BCUT2D eigenvalue weighted by atomic mass is 16.5. The number of likely N-dealkylation sites (tertiary alicyclic amines) is 1. The molecule has 3 aliphatic rings. The van der Waals surface area contributed by atoms with Crippen LogP contribution in [0, 0.1) is 5.41 Å². The van der Waals surface area contributed by atoms with Gasteiger partial charge in [0.25, 0.3) is 0 Å². The van der Waals surface area contributed by atoms with Gasteiger partial charge in [0.15, 0.2) is 0 Å². The van der Waals surface area contributed by atoms with E-state index in [0.717, 1.165) is 69.5 Å². The molecule has 1 aromatic carbocycles. The Morgan fingerprint density at radius 1 is 1.03 bits per heavy atom. The second kappa shape index (κ2) is 12.2. The van der Waals surface area contributed by atoms with Gasteiger partial charge in [0.05, 0.1) is 23.8 Å². The quantitative estimate of drug-likeness (QED) is 0.657. The number of nitrogens with zero attached hydrogens (tertiary/aromatic N) is 4. The Hall–Kier alpha value is -3.13. The molecule has 8 heteroatoms. The Morgan fingerprint density at radius 3 is 2.68 bits per heavy atom. The average molecular weight is 520 g/mol. The van der Waals surface area contributed by atoms with Crippen LogP contribution >= 0.6 is 0 Å². The number of hydrogen-bond donors (Lipinski definition) is 1. The van der Waals surface area contributed by atoms with E-state index in [1.807, 2.05) is 47.3 Å². The minimum absolute atomic E-state index is 0.144. The Bertz CT molecular complexity index is 1090. The number of nitrogens with one attached hydrogen (secondary N) is 1. The molecule has 0 aliphatic carbocycles.